The predicted octanol–water partition coefficient (Wildman–Crippen LogP) is 2.72. The molecule has 1 saturated heterocycles. The van der Waals surface area contributed by atoms with Crippen LogP contribution in [0.15, 0.2) is 24.3 Å². The Morgan fingerprint density at radius 1 is 1.41 bits per heavy atom. The fourth-order valence-corrected chi connectivity index (χ4v) is 2.46. The van der Waals surface area contributed by atoms with Crippen LogP contribution in [0.2, 0.25) is 0 Å². The van der Waals surface area contributed by atoms with Crippen LogP contribution in [0.1, 0.15) is 25.3 Å². The first-order valence-corrected chi connectivity index (χ1v) is 6.17. The molecule has 3 heteroatoms. The second-order valence-electron chi connectivity index (χ2n) is 4.95. The van der Waals surface area contributed by atoms with Crippen LogP contribution >= 0.6 is 0 Å². The number of halogens is 1. The minimum absolute atomic E-state index is 0.00963. The van der Waals surface area contributed by atoms with Gasteiger partial charge < -0.3 is 10.1 Å². The second-order valence-corrected chi connectivity index (χ2v) is 4.95. The van der Waals surface area contributed by atoms with E-state index in [0.29, 0.717) is 6.42 Å². The lowest BCUT2D eigenvalue weighted by molar-refractivity contribution is 0.137. The zero-order valence-corrected chi connectivity index (χ0v) is 10.5. The van der Waals surface area contributed by atoms with Gasteiger partial charge in [0.1, 0.15) is 11.4 Å². The number of nitrogens with one attached hydrogen (secondary N) is 1. The monoisotopic (exact) mass is 237 g/mol. The highest BCUT2D eigenvalue weighted by atomic mass is 19.1. The molecule has 0 spiro atoms. The number of rotatable bonds is 4. The summed E-state index contributed by atoms with van der Waals surface area (Å²) < 4.78 is 19.7. The smallest absolute Gasteiger partial charge is 0.127 e. The third-order valence-electron chi connectivity index (χ3n) is 3.50. The summed E-state index contributed by atoms with van der Waals surface area (Å²) in [5.74, 6) is 0.813. The van der Waals surface area contributed by atoms with E-state index in [0.717, 1.165) is 30.7 Å². The molecule has 0 radical (unpaired) electrons. The Morgan fingerprint density at radius 3 is 2.65 bits per heavy atom. The van der Waals surface area contributed by atoms with Gasteiger partial charge in [0.25, 0.3) is 0 Å². The molecule has 2 unspecified atom stereocenters. The molecule has 0 aliphatic carbocycles. The maximum absolute atomic E-state index is 14.6. The van der Waals surface area contributed by atoms with Crippen molar-refractivity contribution in [3.05, 3.63) is 29.8 Å². The first kappa shape index (κ1) is 12.4. The third-order valence-corrected chi connectivity index (χ3v) is 3.50. The molecule has 2 nitrogen and oxygen atoms in total. The normalized spacial score (nSPS) is 23.4. The maximum atomic E-state index is 14.6. The van der Waals surface area contributed by atoms with E-state index in [1.807, 2.05) is 24.3 Å². The van der Waals surface area contributed by atoms with Crippen molar-refractivity contribution >= 4 is 0 Å². The number of benzene rings is 1. The van der Waals surface area contributed by atoms with E-state index in [4.69, 9.17) is 4.74 Å². The molecule has 94 valence electrons. The highest BCUT2D eigenvalue weighted by Crippen LogP contribution is 2.27. The van der Waals surface area contributed by atoms with Crippen LogP contribution in [0.3, 0.4) is 0 Å². The summed E-state index contributed by atoms with van der Waals surface area (Å²) in [6.07, 6.45) is 2.46. The van der Waals surface area contributed by atoms with Gasteiger partial charge in [0, 0.05) is 12.5 Å². The van der Waals surface area contributed by atoms with E-state index >= 15 is 0 Å². The predicted molar refractivity (Wildman–Crippen MR) is 67.2 cm³/mol. The van der Waals surface area contributed by atoms with Gasteiger partial charge in [-0.15, -0.1) is 0 Å². The lowest BCUT2D eigenvalue weighted by Crippen LogP contribution is -2.43. The lowest BCUT2D eigenvalue weighted by Gasteiger charge is -2.27. The van der Waals surface area contributed by atoms with Crippen molar-refractivity contribution in [2.24, 2.45) is 0 Å². The van der Waals surface area contributed by atoms with Crippen LogP contribution < -0.4 is 10.1 Å². The topological polar surface area (TPSA) is 21.3 Å². The van der Waals surface area contributed by atoms with E-state index in [-0.39, 0.29) is 6.04 Å². The molecule has 1 aliphatic heterocycles. The molecule has 0 amide bonds. The van der Waals surface area contributed by atoms with Crippen LogP contribution in [0.5, 0.6) is 5.75 Å². The molecule has 1 aromatic rings. The van der Waals surface area contributed by atoms with Gasteiger partial charge in [-0.3, -0.25) is 0 Å². The molecule has 1 fully saturated rings. The van der Waals surface area contributed by atoms with Gasteiger partial charge in [-0.2, -0.15) is 0 Å². The van der Waals surface area contributed by atoms with Gasteiger partial charge in [-0.25, -0.2) is 4.39 Å². The number of alkyl halides is 1. The molecule has 17 heavy (non-hydrogen) atoms. The maximum Gasteiger partial charge on any atom is 0.127 e. The van der Waals surface area contributed by atoms with Crippen LogP contribution in [-0.4, -0.2) is 25.4 Å². The fourth-order valence-electron chi connectivity index (χ4n) is 2.46. The highest BCUT2D eigenvalue weighted by Gasteiger charge is 2.35. The summed E-state index contributed by atoms with van der Waals surface area (Å²) in [5.41, 5.74) is -0.157. The van der Waals surface area contributed by atoms with Crippen LogP contribution in [0.4, 0.5) is 4.39 Å². The standard InChI is InChI=1S/C14H20FNO/c1-14(15,13-4-3-9-16-13)10-11-5-7-12(17-2)8-6-11/h5-8,13,16H,3-4,9-10H2,1-2H3. The molecule has 0 aromatic heterocycles. The number of methoxy groups -OCH3 is 1. The fraction of sp³-hybridized carbons (Fsp3) is 0.571. The van der Waals surface area contributed by atoms with Gasteiger partial charge in [0.15, 0.2) is 0 Å². The van der Waals surface area contributed by atoms with E-state index in [1.165, 1.54) is 0 Å². The first-order valence-electron chi connectivity index (χ1n) is 6.17. The SMILES string of the molecule is COc1ccc(CC(C)(F)C2CCCN2)cc1. The Morgan fingerprint density at radius 2 is 2.12 bits per heavy atom. The van der Waals surface area contributed by atoms with E-state index in [1.54, 1.807) is 14.0 Å². The van der Waals surface area contributed by atoms with E-state index in [2.05, 4.69) is 5.32 Å². The van der Waals surface area contributed by atoms with Crippen molar-refractivity contribution in [1.29, 1.82) is 0 Å². The summed E-state index contributed by atoms with van der Waals surface area (Å²) in [6.45, 7) is 2.63. The van der Waals surface area contributed by atoms with Crippen molar-refractivity contribution in [2.45, 2.75) is 37.9 Å². The Kier molecular flexibility index (Phi) is 3.67. The van der Waals surface area contributed by atoms with Crippen molar-refractivity contribution < 1.29 is 9.13 Å². The molecular formula is C14H20FNO. The molecule has 2 atom stereocenters. The van der Waals surface area contributed by atoms with Gasteiger partial charge in [-0.1, -0.05) is 12.1 Å². The van der Waals surface area contributed by atoms with Crippen molar-refractivity contribution in [3.8, 4) is 5.75 Å². The molecule has 1 N–H and O–H groups in total. The molecule has 0 saturated carbocycles. The summed E-state index contributed by atoms with van der Waals surface area (Å²) in [5, 5.41) is 3.24. The van der Waals surface area contributed by atoms with Gasteiger partial charge in [0.05, 0.1) is 7.11 Å². The van der Waals surface area contributed by atoms with Crippen LogP contribution in [0, 0.1) is 0 Å². The molecule has 0 bridgehead atoms. The van der Waals surface area contributed by atoms with Crippen LogP contribution in [-0.2, 0) is 6.42 Å². The highest BCUT2D eigenvalue weighted by molar-refractivity contribution is 5.28. The van der Waals surface area contributed by atoms with E-state index in [9.17, 15) is 4.39 Å². The van der Waals surface area contributed by atoms with Crippen molar-refractivity contribution in [3.63, 3.8) is 0 Å². The first-order chi connectivity index (χ1) is 8.12. The van der Waals surface area contributed by atoms with E-state index < -0.39 is 5.67 Å². The number of ether oxygens (including phenoxy) is 1. The second kappa shape index (κ2) is 5.05. The lowest BCUT2D eigenvalue weighted by atomic mass is 9.90. The number of hydrogen-bond donors (Lipinski definition) is 1. The molecule has 1 aliphatic rings. The molecule has 1 aromatic carbocycles. The average Bonchev–Trinajstić information content (AvgIpc) is 2.84. The summed E-state index contributed by atoms with van der Waals surface area (Å²) >= 11 is 0. The Hall–Kier alpha value is -1.09. The minimum Gasteiger partial charge on any atom is -0.497 e. The minimum atomic E-state index is -1.18. The number of hydrogen-bond acceptors (Lipinski definition) is 2. The summed E-state index contributed by atoms with van der Waals surface area (Å²) in [6, 6.07) is 7.63. The summed E-state index contributed by atoms with van der Waals surface area (Å²) in [4.78, 5) is 0. The zero-order chi connectivity index (χ0) is 12.3. The summed E-state index contributed by atoms with van der Waals surface area (Å²) in [7, 11) is 1.64. The Bertz CT molecular complexity index is 355. The quantitative estimate of drug-likeness (QED) is 0.869. The zero-order valence-electron chi connectivity index (χ0n) is 10.5. The molecule has 2 rings (SSSR count). The third kappa shape index (κ3) is 2.97. The van der Waals surface area contributed by atoms with Gasteiger partial charge >= 0.3 is 0 Å². The van der Waals surface area contributed by atoms with Gasteiger partial charge in [-0.05, 0) is 44.0 Å². The van der Waals surface area contributed by atoms with Gasteiger partial charge in [0.2, 0.25) is 0 Å². The Balaban J connectivity index is 2.02. The average molecular weight is 237 g/mol. The Labute approximate surface area is 102 Å². The van der Waals surface area contributed by atoms with Crippen molar-refractivity contribution in [1.82, 2.24) is 5.32 Å². The van der Waals surface area contributed by atoms with Crippen molar-refractivity contribution in [2.75, 3.05) is 13.7 Å². The largest absolute Gasteiger partial charge is 0.497 e. The molecular weight excluding hydrogens is 217 g/mol. The molecule has 1 heterocycles. The van der Waals surface area contributed by atoms with Crippen LogP contribution in [0.25, 0.3) is 0 Å².